The van der Waals surface area contributed by atoms with Crippen molar-refractivity contribution in [3.63, 3.8) is 0 Å². The van der Waals surface area contributed by atoms with Crippen LogP contribution in [-0.4, -0.2) is 6.43 Å². The van der Waals surface area contributed by atoms with Gasteiger partial charge in [0.05, 0.1) is 0 Å². The van der Waals surface area contributed by atoms with E-state index < -0.39 is 6.43 Å². The topological polar surface area (TPSA) is 35.2 Å². The quantitative estimate of drug-likeness (QED) is 0.326. The summed E-state index contributed by atoms with van der Waals surface area (Å²) < 4.78 is 29.8. The fraction of sp³-hybridized carbons (Fsp3) is 0.455. The van der Waals surface area contributed by atoms with Crippen LogP contribution in [0.3, 0.4) is 0 Å². The van der Waals surface area contributed by atoms with Gasteiger partial charge >= 0.3 is 0 Å². The lowest BCUT2D eigenvalue weighted by atomic mass is 10.0. The van der Waals surface area contributed by atoms with Gasteiger partial charge in [0.15, 0.2) is 0 Å². The average molecular weight is 361 g/mol. The third-order valence-electron chi connectivity index (χ3n) is 4.43. The van der Waals surface area contributed by atoms with Crippen molar-refractivity contribution in [2.24, 2.45) is 0 Å². The molecule has 0 unspecified atom stereocenters. The van der Waals surface area contributed by atoms with E-state index in [1.54, 1.807) is 0 Å². The number of anilines is 1. The van der Waals surface area contributed by atoms with E-state index in [0.717, 1.165) is 49.3 Å². The molecule has 0 atom stereocenters. The summed E-state index contributed by atoms with van der Waals surface area (Å²) in [6.45, 7) is 0. The zero-order chi connectivity index (χ0) is 18.6. The van der Waals surface area contributed by atoms with Gasteiger partial charge in [-0.2, -0.15) is 0 Å². The molecular weight excluding hydrogens is 332 g/mol. The molecule has 0 spiro atoms. The van der Waals surface area contributed by atoms with Crippen molar-refractivity contribution in [1.29, 1.82) is 0 Å². The fourth-order valence-electron chi connectivity index (χ4n) is 2.91. The Balaban J connectivity index is 1.57. The van der Waals surface area contributed by atoms with Crippen LogP contribution in [-0.2, 0) is 6.42 Å². The molecule has 0 bridgehead atoms. The number of rotatable bonds is 12. The molecule has 26 heavy (non-hydrogen) atoms. The van der Waals surface area contributed by atoms with E-state index in [1.807, 2.05) is 36.4 Å². The first-order valence-electron chi connectivity index (χ1n) is 9.54. The van der Waals surface area contributed by atoms with Crippen molar-refractivity contribution in [3.05, 3.63) is 54.1 Å². The predicted molar refractivity (Wildman–Crippen MR) is 104 cm³/mol. The number of hydrogen-bond acceptors (Lipinski definition) is 2. The third-order valence-corrected chi connectivity index (χ3v) is 4.43. The Bertz CT molecular complexity index is 611. The van der Waals surface area contributed by atoms with Gasteiger partial charge in [-0.1, -0.05) is 44.2 Å². The van der Waals surface area contributed by atoms with Crippen molar-refractivity contribution >= 4 is 5.69 Å². The molecule has 0 aliphatic rings. The van der Waals surface area contributed by atoms with Gasteiger partial charge in [0.1, 0.15) is 11.5 Å². The van der Waals surface area contributed by atoms with Gasteiger partial charge in [0.2, 0.25) is 6.43 Å². The Kier molecular flexibility index (Phi) is 8.94. The van der Waals surface area contributed by atoms with Crippen LogP contribution in [0.25, 0.3) is 0 Å². The maximum Gasteiger partial charge on any atom is 0.238 e. The van der Waals surface area contributed by atoms with Gasteiger partial charge in [0, 0.05) is 12.1 Å². The summed E-state index contributed by atoms with van der Waals surface area (Å²) in [6, 6.07) is 15.6. The molecule has 0 heterocycles. The molecule has 0 aliphatic heterocycles. The molecule has 142 valence electrons. The molecule has 4 heteroatoms. The number of alkyl halides is 2. The highest BCUT2D eigenvalue weighted by atomic mass is 19.3. The molecule has 0 fully saturated rings. The molecule has 2 aromatic carbocycles. The Labute approximate surface area is 155 Å². The highest BCUT2D eigenvalue weighted by Crippen LogP contribution is 2.23. The summed E-state index contributed by atoms with van der Waals surface area (Å²) >= 11 is 0. The standard InChI is InChI=1S/C22H29F2NO/c23-22(24)9-7-5-3-1-2-4-6-8-18-10-14-20(15-11-18)26-21-16-12-19(25)13-17-21/h10-17,22H,1-9,25H2. The predicted octanol–water partition coefficient (Wildman–Crippen LogP) is 6.99. The third kappa shape index (κ3) is 8.32. The van der Waals surface area contributed by atoms with Crippen LogP contribution in [0.4, 0.5) is 14.5 Å². The van der Waals surface area contributed by atoms with Crippen LogP contribution in [0.2, 0.25) is 0 Å². The zero-order valence-corrected chi connectivity index (χ0v) is 15.3. The largest absolute Gasteiger partial charge is 0.457 e. The van der Waals surface area contributed by atoms with E-state index in [-0.39, 0.29) is 6.42 Å². The summed E-state index contributed by atoms with van der Waals surface area (Å²) in [6.07, 6.45) is 6.33. The number of ether oxygens (including phenoxy) is 1. The van der Waals surface area contributed by atoms with Gasteiger partial charge < -0.3 is 10.5 Å². The van der Waals surface area contributed by atoms with E-state index in [4.69, 9.17) is 10.5 Å². The van der Waals surface area contributed by atoms with Gasteiger partial charge in [-0.05, 0) is 61.2 Å². The molecule has 0 amide bonds. The minimum atomic E-state index is -2.14. The molecule has 2 rings (SSSR count). The Morgan fingerprint density at radius 3 is 1.77 bits per heavy atom. The van der Waals surface area contributed by atoms with Crippen molar-refractivity contribution in [2.75, 3.05) is 5.73 Å². The number of aryl methyl sites for hydroxylation is 1. The van der Waals surface area contributed by atoms with Crippen LogP contribution < -0.4 is 10.5 Å². The van der Waals surface area contributed by atoms with Crippen LogP contribution in [0.5, 0.6) is 11.5 Å². The lowest BCUT2D eigenvalue weighted by Crippen LogP contribution is -1.90. The minimum absolute atomic E-state index is 0.0536. The number of halogens is 2. The second kappa shape index (κ2) is 11.5. The fourth-order valence-corrected chi connectivity index (χ4v) is 2.91. The van der Waals surface area contributed by atoms with Crippen molar-refractivity contribution in [3.8, 4) is 11.5 Å². The minimum Gasteiger partial charge on any atom is -0.457 e. The molecule has 2 N–H and O–H groups in total. The molecule has 2 aromatic rings. The molecule has 2 nitrogen and oxygen atoms in total. The lowest BCUT2D eigenvalue weighted by molar-refractivity contribution is 0.133. The highest BCUT2D eigenvalue weighted by Gasteiger charge is 2.01. The molecule has 0 aliphatic carbocycles. The average Bonchev–Trinajstić information content (AvgIpc) is 2.63. The van der Waals surface area contributed by atoms with Gasteiger partial charge in [-0.3, -0.25) is 0 Å². The second-order valence-corrected chi connectivity index (χ2v) is 6.72. The smallest absolute Gasteiger partial charge is 0.238 e. The van der Waals surface area contributed by atoms with Crippen molar-refractivity contribution < 1.29 is 13.5 Å². The summed E-state index contributed by atoms with van der Waals surface area (Å²) in [7, 11) is 0. The van der Waals surface area contributed by atoms with Crippen LogP contribution in [0.15, 0.2) is 48.5 Å². The first kappa shape index (κ1) is 20.2. The zero-order valence-electron chi connectivity index (χ0n) is 15.3. The molecular formula is C22H29F2NO. The first-order valence-corrected chi connectivity index (χ1v) is 9.54. The lowest BCUT2D eigenvalue weighted by Gasteiger charge is -2.07. The van der Waals surface area contributed by atoms with Crippen LogP contribution >= 0.6 is 0 Å². The molecule has 0 saturated heterocycles. The summed E-state index contributed by atoms with van der Waals surface area (Å²) in [5, 5.41) is 0. The summed E-state index contributed by atoms with van der Waals surface area (Å²) in [4.78, 5) is 0. The Morgan fingerprint density at radius 2 is 1.19 bits per heavy atom. The van der Waals surface area contributed by atoms with Crippen LogP contribution in [0.1, 0.15) is 56.9 Å². The maximum absolute atomic E-state index is 12.0. The Hall–Kier alpha value is -2.10. The van der Waals surface area contributed by atoms with E-state index >= 15 is 0 Å². The monoisotopic (exact) mass is 361 g/mol. The number of nitrogen functional groups attached to an aromatic ring is 1. The normalized spacial score (nSPS) is 11.0. The van der Waals surface area contributed by atoms with Gasteiger partial charge in [-0.15, -0.1) is 0 Å². The molecule has 0 radical (unpaired) electrons. The van der Waals surface area contributed by atoms with E-state index in [1.165, 1.54) is 18.4 Å². The molecule has 0 saturated carbocycles. The van der Waals surface area contributed by atoms with Crippen molar-refractivity contribution in [1.82, 2.24) is 0 Å². The number of benzene rings is 2. The van der Waals surface area contributed by atoms with E-state index in [2.05, 4.69) is 12.1 Å². The van der Waals surface area contributed by atoms with Gasteiger partial charge in [0.25, 0.3) is 0 Å². The highest BCUT2D eigenvalue weighted by molar-refractivity contribution is 5.43. The number of unbranched alkanes of at least 4 members (excludes halogenated alkanes) is 6. The van der Waals surface area contributed by atoms with Gasteiger partial charge in [-0.25, -0.2) is 8.78 Å². The van der Waals surface area contributed by atoms with E-state index in [0.29, 0.717) is 6.42 Å². The number of hydrogen-bond donors (Lipinski definition) is 1. The summed E-state index contributed by atoms with van der Waals surface area (Å²) in [5.74, 6) is 1.60. The van der Waals surface area contributed by atoms with Crippen molar-refractivity contribution in [2.45, 2.75) is 64.2 Å². The van der Waals surface area contributed by atoms with E-state index in [9.17, 15) is 8.78 Å². The SMILES string of the molecule is Nc1ccc(Oc2ccc(CCCCCCCCCC(F)F)cc2)cc1. The second-order valence-electron chi connectivity index (χ2n) is 6.72. The first-order chi connectivity index (χ1) is 12.6. The maximum atomic E-state index is 12.0. The molecule has 0 aromatic heterocycles. The van der Waals surface area contributed by atoms with Crippen LogP contribution in [0, 0.1) is 0 Å². The summed E-state index contributed by atoms with van der Waals surface area (Å²) in [5.41, 5.74) is 7.70. The Morgan fingerprint density at radius 1 is 0.692 bits per heavy atom. The number of nitrogens with two attached hydrogens (primary N) is 1.